The summed E-state index contributed by atoms with van der Waals surface area (Å²) in [6, 6.07) is 7.11. The first-order valence-electron chi connectivity index (χ1n) is 9.09. The number of aliphatic carboxylic acids is 1. The molecule has 1 unspecified atom stereocenters. The molecular weight excluding hydrogens is 362 g/mol. The van der Waals surface area contributed by atoms with E-state index in [2.05, 4.69) is 15.0 Å². The molecular formula is C19H22N5O4-. The van der Waals surface area contributed by atoms with E-state index in [0.717, 1.165) is 18.4 Å². The Balaban J connectivity index is 1.97. The Morgan fingerprint density at radius 2 is 2.18 bits per heavy atom. The molecule has 0 fully saturated rings. The van der Waals surface area contributed by atoms with E-state index in [-0.39, 0.29) is 24.1 Å². The fraction of sp³-hybridized carbons (Fsp3) is 0.368. The first-order chi connectivity index (χ1) is 13.4. The van der Waals surface area contributed by atoms with Crippen LogP contribution in [0.2, 0.25) is 0 Å². The van der Waals surface area contributed by atoms with Crippen molar-refractivity contribution in [2.75, 3.05) is 12.3 Å². The van der Waals surface area contributed by atoms with E-state index in [1.807, 2.05) is 6.92 Å². The molecule has 148 valence electrons. The monoisotopic (exact) mass is 384 g/mol. The molecule has 3 N–H and O–H groups in total. The van der Waals surface area contributed by atoms with Gasteiger partial charge < -0.3 is 25.4 Å². The van der Waals surface area contributed by atoms with Crippen molar-refractivity contribution in [3.8, 4) is 6.01 Å². The second kappa shape index (κ2) is 8.12. The summed E-state index contributed by atoms with van der Waals surface area (Å²) in [7, 11) is 0. The van der Waals surface area contributed by atoms with Gasteiger partial charge in [0, 0.05) is 11.9 Å². The highest BCUT2D eigenvalue weighted by Crippen LogP contribution is 2.20. The van der Waals surface area contributed by atoms with Crippen molar-refractivity contribution in [1.29, 1.82) is 0 Å². The van der Waals surface area contributed by atoms with Gasteiger partial charge in [0.1, 0.15) is 5.52 Å². The summed E-state index contributed by atoms with van der Waals surface area (Å²) in [6.45, 7) is 4.25. The largest absolute Gasteiger partial charge is 0.550 e. The number of nitrogen functional groups attached to an aromatic ring is 1. The molecule has 3 rings (SSSR count). The predicted octanol–water partition coefficient (Wildman–Crippen LogP) is 0.782. The van der Waals surface area contributed by atoms with E-state index in [9.17, 15) is 14.7 Å². The minimum atomic E-state index is -1.16. The number of benzene rings is 1. The van der Waals surface area contributed by atoms with Crippen LogP contribution in [0.15, 0.2) is 29.1 Å². The number of aromatic nitrogens is 4. The molecule has 0 aliphatic carbocycles. The second-order valence-corrected chi connectivity index (χ2v) is 6.59. The highest BCUT2D eigenvalue weighted by atomic mass is 16.5. The van der Waals surface area contributed by atoms with Gasteiger partial charge in [0.25, 0.3) is 0 Å². The fourth-order valence-electron chi connectivity index (χ4n) is 2.83. The van der Waals surface area contributed by atoms with Gasteiger partial charge in [0.2, 0.25) is 0 Å². The molecule has 0 amide bonds. The van der Waals surface area contributed by atoms with Crippen molar-refractivity contribution in [2.45, 2.75) is 39.2 Å². The molecule has 0 aliphatic heterocycles. The first-order valence-corrected chi connectivity index (χ1v) is 9.09. The number of H-pyrrole nitrogens is 1. The van der Waals surface area contributed by atoms with Crippen molar-refractivity contribution in [3.05, 3.63) is 45.9 Å². The SMILES string of the molecule is CCCCOc1nc(N)c2[nH]c(=O)n(Cc3cccc(C(C)C(=O)[O-])c3)c2n1. The number of carboxylic acids is 1. The van der Waals surface area contributed by atoms with Gasteiger partial charge >= 0.3 is 11.7 Å². The second-order valence-electron chi connectivity index (χ2n) is 6.59. The number of nitrogens with two attached hydrogens (primary N) is 1. The predicted molar refractivity (Wildman–Crippen MR) is 102 cm³/mol. The van der Waals surface area contributed by atoms with Crippen molar-refractivity contribution in [3.63, 3.8) is 0 Å². The fourth-order valence-corrected chi connectivity index (χ4v) is 2.83. The van der Waals surface area contributed by atoms with Gasteiger partial charge in [-0.1, -0.05) is 44.5 Å². The van der Waals surface area contributed by atoms with Crippen LogP contribution >= 0.6 is 0 Å². The Morgan fingerprint density at radius 3 is 2.89 bits per heavy atom. The molecule has 9 heteroatoms. The number of aromatic amines is 1. The van der Waals surface area contributed by atoms with Crippen LogP contribution in [0.4, 0.5) is 5.82 Å². The summed E-state index contributed by atoms with van der Waals surface area (Å²) in [4.78, 5) is 34.6. The third-order valence-corrected chi connectivity index (χ3v) is 4.50. The van der Waals surface area contributed by atoms with Gasteiger partial charge in [-0.25, -0.2) is 4.79 Å². The molecule has 9 nitrogen and oxygen atoms in total. The quantitative estimate of drug-likeness (QED) is 0.547. The number of anilines is 1. The number of carbonyl (C=O) groups excluding carboxylic acids is 1. The van der Waals surface area contributed by atoms with Crippen molar-refractivity contribution in [2.24, 2.45) is 0 Å². The summed E-state index contributed by atoms with van der Waals surface area (Å²) in [5, 5.41) is 11.1. The Bertz CT molecular complexity index is 1060. The van der Waals surface area contributed by atoms with Crippen LogP contribution in [0.3, 0.4) is 0 Å². The Hall–Kier alpha value is -3.36. The standard InChI is InChI=1S/C19H23N5O4/c1-3-4-8-28-18-22-15(20)14-16(23-18)24(19(27)21-14)10-12-6-5-7-13(9-12)11(2)17(25)26/h5-7,9,11H,3-4,8,10H2,1-2H3,(H,21,27)(H,25,26)(H2,20,22,23)/p-1. The number of hydrogen-bond acceptors (Lipinski definition) is 7. The van der Waals surface area contributed by atoms with E-state index in [1.54, 1.807) is 31.2 Å². The molecule has 2 aromatic heterocycles. The summed E-state index contributed by atoms with van der Waals surface area (Å²) in [5.74, 6) is -1.78. The number of unbranched alkanes of at least 4 members (excludes halogenated alkanes) is 1. The highest BCUT2D eigenvalue weighted by molar-refractivity contribution is 5.82. The molecule has 0 saturated carbocycles. The molecule has 3 aromatic rings. The molecule has 1 atom stereocenters. The Kier molecular flexibility index (Phi) is 5.62. The van der Waals surface area contributed by atoms with Gasteiger partial charge in [-0.3, -0.25) is 4.57 Å². The average Bonchev–Trinajstić information content (AvgIpc) is 2.98. The van der Waals surface area contributed by atoms with Crippen LogP contribution in [0.5, 0.6) is 6.01 Å². The summed E-state index contributed by atoms with van der Waals surface area (Å²) in [6.07, 6.45) is 1.82. The normalized spacial score (nSPS) is 12.2. The van der Waals surface area contributed by atoms with E-state index in [0.29, 0.717) is 23.3 Å². The van der Waals surface area contributed by atoms with Crippen molar-refractivity contribution < 1.29 is 14.6 Å². The van der Waals surface area contributed by atoms with Crippen LogP contribution in [-0.4, -0.2) is 32.1 Å². The summed E-state index contributed by atoms with van der Waals surface area (Å²) < 4.78 is 6.94. The number of imidazole rings is 1. The van der Waals surface area contributed by atoms with Crippen LogP contribution in [0.25, 0.3) is 11.2 Å². The van der Waals surface area contributed by atoms with Crippen LogP contribution in [0, 0.1) is 0 Å². The summed E-state index contributed by atoms with van der Waals surface area (Å²) in [5.41, 5.74) is 7.58. The highest BCUT2D eigenvalue weighted by Gasteiger charge is 2.15. The van der Waals surface area contributed by atoms with Gasteiger partial charge in [-0.15, -0.1) is 0 Å². The lowest BCUT2D eigenvalue weighted by Crippen LogP contribution is -2.28. The number of carboxylic acid groups (broad SMARTS) is 1. The van der Waals surface area contributed by atoms with Gasteiger partial charge in [0.05, 0.1) is 13.2 Å². The van der Waals surface area contributed by atoms with E-state index >= 15 is 0 Å². The maximum atomic E-state index is 12.4. The number of hydrogen-bond donors (Lipinski definition) is 2. The number of nitrogens with zero attached hydrogens (tertiary/aromatic N) is 3. The maximum absolute atomic E-state index is 12.4. The molecule has 2 heterocycles. The third-order valence-electron chi connectivity index (χ3n) is 4.50. The number of carbonyl (C=O) groups is 1. The molecule has 0 aliphatic rings. The lowest BCUT2D eigenvalue weighted by atomic mass is 9.99. The first kappa shape index (κ1) is 19.4. The molecule has 28 heavy (non-hydrogen) atoms. The average molecular weight is 384 g/mol. The van der Waals surface area contributed by atoms with Crippen LogP contribution < -0.4 is 21.3 Å². The zero-order valence-corrected chi connectivity index (χ0v) is 15.8. The number of fused-ring (bicyclic) bond motifs is 1. The van der Waals surface area contributed by atoms with Gasteiger partial charge in [-0.2, -0.15) is 9.97 Å². The minimum Gasteiger partial charge on any atom is -0.550 e. The third kappa shape index (κ3) is 3.98. The van der Waals surface area contributed by atoms with Crippen LogP contribution in [0.1, 0.15) is 43.7 Å². The van der Waals surface area contributed by atoms with E-state index in [4.69, 9.17) is 10.5 Å². The molecule has 0 spiro atoms. The van der Waals surface area contributed by atoms with Gasteiger partial charge in [0.15, 0.2) is 11.5 Å². The number of ether oxygens (including phenoxy) is 1. The van der Waals surface area contributed by atoms with Crippen molar-refractivity contribution >= 4 is 23.0 Å². The van der Waals surface area contributed by atoms with E-state index in [1.165, 1.54) is 4.57 Å². The maximum Gasteiger partial charge on any atom is 0.328 e. The smallest absolute Gasteiger partial charge is 0.328 e. The number of nitrogens with one attached hydrogen (secondary N) is 1. The molecule has 0 radical (unpaired) electrons. The Morgan fingerprint density at radius 1 is 1.39 bits per heavy atom. The lowest BCUT2D eigenvalue weighted by molar-refractivity contribution is -0.307. The van der Waals surface area contributed by atoms with Crippen LogP contribution in [-0.2, 0) is 11.3 Å². The lowest BCUT2D eigenvalue weighted by Gasteiger charge is -2.14. The number of rotatable bonds is 8. The molecule has 0 bridgehead atoms. The van der Waals surface area contributed by atoms with Crippen molar-refractivity contribution in [1.82, 2.24) is 19.5 Å². The Labute approximate surface area is 161 Å². The zero-order valence-electron chi connectivity index (χ0n) is 15.8. The van der Waals surface area contributed by atoms with E-state index < -0.39 is 11.9 Å². The summed E-state index contributed by atoms with van der Waals surface area (Å²) >= 11 is 0. The zero-order chi connectivity index (χ0) is 20.3. The minimum absolute atomic E-state index is 0.116. The topological polar surface area (TPSA) is 139 Å². The van der Waals surface area contributed by atoms with Gasteiger partial charge in [-0.05, 0) is 17.5 Å². The molecule has 0 saturated heterocycles. The molecule has 1 aromatic carbocycles.